The van der Waals surface area contributed by atoms with Crippen molar-refractivity contribution in [3.63, 3.8) is 0 Å². The Labute approximate surface area is 95.8 Å². The van der Waals surface area contributed by atoms with Gasteiger partial charge in [-0.1, -0.05) is 40.0 Å². The molecule has 0 spiro atoms. The molecule has 2 saturated carbocycles. The first-order valence-corrected chi connectivity index (χ1v) is 7.16. The van der Waals surface area contributed by atoms with Crippen LogP contribution < -0.4 is 0 Å². The molecule has 0 N–H and O–H groups in total. The molecule has 15 heavy (non-hydrogen) atoms. The quantitative estimate of drug-likeness (QED) is 0.576. The molecule has 0 saturated heterocycles. The lowest BCUT2D eigenvalue weighted by Crippen LogP contribution is -2.28. The van der Waals surface area contributed by atoms with Gasteiger partial charge in [-0.15, -0.1) is 0 Å². The van der Waals surface area contributed by atoms with E-state index in [1.807, 2.05) is 0 Å². The van der Waals surface area contributed by atoms with Crippen molar-refractivity contribution in [1.29, 1.82) is 0 Å². The normalized spacial score (nSPS) is 47.8. The molecule has 3 atom stereocenters. The molecule has 0 radical (unpaired) electrons. The fraction of sp³-hybridized carbons (Fsp3) is 1.00. The topological polar surface area (TPSA) is 0 Å². The second kappa shape index (κ2) is 4.89. The van der Waals surface area contributed by atoms with Gasteiger partial charge in [0.05, 0.1) is 0 Å². The van der Waals surface area contributed by atoms with E-state index in [4.69, 9.17) is 0 Å². The van der Waals surface area contributed by atoms with Crippen LogP contribution in [-0.2, 0) is 0 Å². The SMILES string of the molecule is CC1CCC(C2CCC(C)[C@H](C)C2)CC1. The molecule has 0 amide bonds. The number of rotatable bonds is 1. The molecular formula is C15H28. The minimum atomic E-state index is 0.989. The van der Waals surface area contributed by atoms with E-state index in [-0.39, 0.29) is 0 Å². The van der Waals surface area contributed by atoms with Crippen molar-refractivity contribution in [2.24, 2.45) is 29.6 Å². The molecule has 2 aliphatic rings. The molecular weight excluding hydrogens is 180 g/mol. The third kappa shape index (κ3) is 2.77. The minimum absolute atomic E-state index is 0.989. The van der Waals surface area contributed by atoms with Gasteiger partial charge in [0.25, 0.3) is 0 Å². The molecule has 0 bridgehead atoms. The molecule has 0 heterocycles. The zero-order valence-corrected chi connectivity index (χ0v) is 10.8. The summed E-state index contributed by atoms with van der Waals surface area (Å²) in [6, 6.07) is 0. The molecule has 0 aromatic heterocycles. The van der Waals surface area contributed by atoms with Gasteiger partial charge < -0.3 is 0 Å². The second-order valence-electron chi connectivity index (χ2n) is 6.55. The van der Waals surface area contributed by atoms with E-state index in [1.165, 1.54) is 44.9 Å². The Morgan fingerprint density at radius 2 is 1.20 bits per heavy atom. The van der Waals surface area contributed by atoms with Gasteiger partial charge >= 0.3 is 0 Å². The van der Waals surface area contributed by atoms with Gasteiger partial charge in [-0.2, -0.15) is 0 Å². The highest BCUT2D eigenvalue weighted by Crippen LogP contribution is 2.43. The third-order valence-electron chi connectivity index (χ3n) is 5.37. The largest absolute Gasteiger partial charge is 0.0625 e. The Morgan fingerprint density at radius 1 is 0.600 bits per heavy atom. The van der Waals surface area contributed by atoms with Crippen molar-refractivity contribution < 1.29 is 0 Å². The third-order valence-corrected chi connectivity index (χ3v) is 5.37. The van der Waals surface area contributed by atoms with E-state index in [2.05, 4.69) is 20.8 Å². The Balaban J connectivity index is 1.84. The highest BCUT2D eigenvalue weighted by Gasteiger charge is 2.31. The van der Waals surface area contributed by atoms with Crippen molar-refractivity contribution in [3.05, 3.63) is 0 Å². The average molecular weight is 208 g/mol. The van der Waals surface area contributed by atoms with Gasteiger partial charge in [0, 0.05) is 0 Å². The monoisotopic (exact) mass is 208 g/mol. The maximum absolute atomic E-state index is 2.47. The molecule has 2 unspecified atom stereocenters. The summed E-state index contributed by atoms with van der Waals surface area (Å²) in [5, 5.41) is 0. The summed E-state index contributed by atoms with van der Waals surface area (Å²) in [4.78, 5) is 0. The summed E-state index contributed by atoms with van der Waals surface area (Å²) in [6.07, 6.45) is 10.6. The van der Waals surface area contributed by atoms with E-state index < -0.39 is 0 Å². The Bertz CT molecular complexity index is 188. The average Bonchev–Trinajstić information content (AvgIpc) is 2.23. The predicted octanol–water partition coefficient (Wildman–Crippen LogP) is 4.89. The van der Waals surface area contributed by atoms with Crippen LogP contribution in [0.25, 0.3) is 0 Å². The lowest BCUT2D eigenvalue weighted by Gasteiger charge is -2.39. The number of hydrogen-bond donors (Lipinski definition) is 0. The molecule has 2 rings (SSSR count). The Kier molecular flexibility index (Phi) is 3.74. The summed E-state index contributed by atoms with van der Waals surface area (Å²) < 4.78 is 0. The first-order valence-electron chi connectivity index (χ1n) is 7.16. The summed E-state index contributed by atoms with van der Waals surface area (Å²) in [7, 11) is 0. The van der Waals surface area contributed by atoms with Crippen LogP contribution in [-0.4, -0.2) is 0 Å². The Morgan fingerprint density at radius 3 is 1.80 bits per heavy atom. The second-order valence-corrected chi connectivity index (χ2v) is 6.55. The van der Waals surface area contributed by atoms with Crippen molar-refractivity contribution in [2.75, 3.05) is 0 Å². The van der Waals surface area contributed by atoms with Gasteiger partial charge in [-0.25, -0.2) is 0 Å². The molecule has 0 aromatic rings. The fourth-order valence-corrected chi connectivity index (χ4v) is 3.77. The molecule has 88 valence electrons. The molecule has 0 aromatic carbocycles. The fourth-order valence-electron chi connectivity index (χ4n) is 3.77. The lowest BCUT2D eigenvalue weighted by atomic mass is 9.67. The molecule has 0 nitrogen and oxygen atoms in total. The first-order chi connectivity index (χ1) is 7.16. The van der Waals surface area contributed by atoms with Crippen molar-refractivity contribution in [1.82, 2.24) is 0 Å². The van der Waals surface area contributed by atoms with E-state index in [1.54, 1.807) is 0 Å². The smallest absolute Gasteiger partial charge is 0.0383 e. The van der Waals surface area contributed by atoms with Crippen molar-refractivity contribution in [2.45, 2.75) is 65.7 Å². The Hall–Kier alpha value is 0. The van der Waals surface area contributed by atoms with E-state index >= 15 is 0 Å². The summed E-state index contributed by atoms with van der Waals surface area (Å²) in [5.74, 6) is 5.17. The van der Waals surface area contributed by atoms with E-state index in [0.717, 1.165) is 29.6 Å². The molecule has 0 heteroatoms. The van der Waals surface area contributed by atoms with E-state index in [0.29, 0.717) is 0 Å². The highest BCUT2D eigenvalue weighted by molar-refractivity contribution is 4.82. The maximum atomic E-state index is 2.47. The van der Waals surface area contributed by atoms with Gasteiger partial charge in [0.2, 0.25) is 0 Å². The van der Waals surface area contributed by atoms with Crippen LogP contribution in [0.1, 0.15) is 65.7 Å². The predicted molar refractivity (Wildman–Crippen MR) is 66.8 cm³/mol. The molecule has 2 fully saturated rings. The maximum Gasteiger partial charge on any atom is -0.0383 e. The lowest BCUT2D eigenvalue weighted by molar-refractivity contribution is 0.120. The zero-order valence-electron chi connectivity index (χ0n) is 10.8. The summed E-state index contributed by atoms with van der Waals surface area (Å²) >= 11 is 0. The number of hydrogen-bond acceptors (Lipinski definition) is 0. The summed E-state index contributed by atoms with van der Waals surface area (Å²) in [6.45, 7) is 7.36. The molecule has 0 aliphatic heterocycles. The first kappa shape index (κ1) is 11.5. The van der Waals surface area contributed by atoms with Crippen LogP contribution in [0.2, 0.25) is 0 Å². The van der Waals surface area contributed by atoms with Crippen LogP contribution in [0.5, 0.6) is 0 Å². The molecule has 2 aliphatic carbocycles. The van der Waals surface area contributed by atoms with Crippen LogP contribution in [0.3, 0.4) is 0 Å². The van der Waals surface area contributed by atoms with Crippen LogP contribution in [0, 0.1) is 29.6 Å². The van der Waals surface area contributed by atoms with Gasteiger partial charge in [-0.05, 0) is 55.3 Å². The summed E-state index contributed by atoms with van der Waals surface area (Å²) in [5.41, 5.74) is 0. The van der Waals surface area contributed by atoms with E-state index in [9.17, 15) is 0 Å². The van der Waals surface area contributed by atoms with Gasteiger partial charge in [0.1, 0.15) is 0 Å². The van der Waals surface area contributed by atoms with Crippen molar-refractivity contribution in [3.8, 4) is 0 Å². The van der Waals surface area contributed by atoms with Crippen molar-refractivity contribution >= 4 is 0 Å². The minimum Gasteiger partial charge on any atom is -0.0625 e. The highest BCUT2D eigenvalue weighted by atomic mass is 14.4. The van der Waals surface area contributed by atoms with Crippen LogP contribution in [0.4, 0.5) is 0 Å². The standard InChI is InChI=1S/C15H28/c1-11-4-7-14(8-5-11)15-9-6-12(2)13(3)10-15/h11-15H,4-10H2,1-3H3/t11?,12?,13-,14?,15?/m1/s1. The van der Waals surface area contributed by atoms with Gasteiger partial charge in [0.15, 0.2) is 0 Å². The van der Waals surface area contributed by atoms with Gasteiger partial charge in [-0.3, -0.25) is 0 Å². The van der Waals surface area contributed by atoms with Crippen LogP contribution in [0.15, 0.2) is 0 Å². The van der Waals surface area contributed by atoms with Crippen LogP contribution >= 0.6 is 0 Å². The zero-order chi connectivity index (χ0) is 10.8.